The monoisotopic (exact) mass is 394 g/mol. The summed E-state index contributed by atoms with van der Waals surface area (Å²) in [5.74, 6) is 0.477. The zero-order valence-corrected chi connectivity index (χ0v) is 18.1. The molecule has 0 aliphatic carbocycles. The van der Waals surface area contributed by atoms with E-state index in [-0.39, 0.29) is 0 Å². The van der Waals surface area contributed by atoms with Crippen LogP contribution in [-0.2, 0) is 23.0 Å². The minimum Gasteiger partial charge on any atom is -0.316 e. The van der Waals surface area contributed by atoms with Gasteiger partial charge in [0, 0.05) is 22.5 Å². The second-order valence-electron chi connectivity index (χ2n) is 8.09. The molecule has 0 saturated heterocycles. The lowest BCUT2D eigenvalue weighted by Crippen LogP contribution is -2.40. The first-order valence-corrected chi connectivity index (χ1v) is 11.2. The van der Waals surface area contributed by atoms with Crippen LogP contribution in [0.15, 0.2) is 34.5 Å². The van der Waals surface area contributed by atoms with Crippen LogP contribution in [0.5, 0.6) is 0 Å². The molecule has 0 spiro atoms. The van der Waals surface area contributed by atoms with Gasteiger partial charge in [0.2, 0.25) is 0 Å². The van der Waals surface area contributed by atoms with Gasteiger partial charge in [-0.25, -0.2) is 13.1 Å². The molecule has 0 amide bonds. The summed E-state index contributed by atoms with van der Waals surface area (Å²) in [5.41, 5.74) is 2.38. The van der Waals surface area contributed by atoms with Crippen molar-refractivity contribution in [3.63, 3.8) is 0 Å². The van der Waals surface area contributed by atoms with E-state index in [0.717, 1.165) is 29.0 Å². The van der Waals surface area contributed by atoms with Crippen LogP contribution in [0.4, 0.5) is 0 Å². The maximum atomic E-state index is 13.0. The van der Waals surface area contributed by atoms with Crippen LogP contribution < -0.4 is 10.0 Å². The summed E-state index contributed by atoms with van der Waals surface area (Å²) in [6, 6.07) is 10.1. The maximum Gasteiger partial charge on any atom is 0.251 e. The van der Waals surface area contributed by atoms with Crippen molar-refractivity contribution < 1.29 is 8.42 Å². The van der Waals surface area contributed by atoms with E-state index in [9.17, 15) is 8.42 Å². The third-order valence-electron chi connectivity index (χ3n) is 3.69. The summed E-state index contributed by atoms with van der Waals surface area (Å²) >= 11 is 1.38. The van der Waals surface area contributed by atoms with Crippen LogP contribution in [0.1, 0.15) is 45.1 Å². The Morgan fingerprint density at radius 2 is 1.73 bits per heavy atom. The molecule has 0 aliphatic heterocycles. The molecule has 26 heavy (non-hydrogen) atoms. The van der Waals surface area contributed by atoms with Gasteiger partial charge in [-0.3, -0.25) is 0 Å². The van der Waals surface area contributed by atoms with E-state index in [1.54, 1.807) is 0 Å². The van der Waals surface area contributed by atoms with Gasteiger partial charge >= 0.3 is 0 Å². The molecule has 0 aliphatic rings. The van der Waals surface area contributed by atoms with Crippen LogP contribution in [0.3, 0.4) is 0 Å². The molecule has 0 bridgehead atoms. The summed E-state index contributed by atoms with van der Waals surface area (Å²) in [6.07, 6.45) is 0.876. The van der Waals surface area contributed by atoms with Crippen molar-refractivity contribution in [1.29, 1.82) is 0 Å². The number of hydrogen-bond donors (Lipinski definition) is 2. The van der Waals surface area contributed by atoms with Gasteiger partial charge < -0.3 is 5.32 Å². The fraction of sp³-hybridized carbons (Fsp3) is 0.500. The van der Waals surface area contributed by atoms with Crippen molar-refractivity contribution in [2.24, 2.45) is 5.92 Å². The van der Waals surface area contributed by atoms with Crippen molar-refractivity contribution >= 4 is 21.4 Å². The molecule has 2 rings (SSSR count). The fourth-order valence-electron chi connectivity index (χ4n) is 2.78. The molecule has 0 atom stereocenters. The van der Waals surface area contributed by atoms with Gasteiger partial charge in [0.05, 0.1) is 0 Å². The summed E-state index contributed by atoms with van der Waals surface area (Å²) in [4.78, 5) is 1.10. The zero-order chi connectivity index (χ0) is 19.5. The van der Waals surface area contributed by atoms with Crippen LogP contribution in [-0.4, -0.2) is 21.0 Å². The van der Waals surface area contributed by atoms with E-state index >= 15 is 0 Å². The number of benzene rings is 1. The lowest BCUT2D eigenvalue weighted by atomic mass is 10.0. The number of hydrogen-bond acceptors (Lipinski definition) is 4. The molecular weight excluding hydrogens is 364 g/mol. The molecule has 2 N–H and O–H groups in total. The average molecular weight is 395 g/mol. The molecule has 144 valence electrons. The van der Waals surface area contributed by atoms with Crippen LogP contribution in [0.25, 0.3) is 11.1 Å². The molecule has 1 aromatic heterocycles. The quantitative estimate of drug-likeness (QED) is 0.731. The van der Waals surface area contributed by atoms with Gasteiger partial charge in [-0.05, 0) is 57.4 Å². The molecule has 0 fully saturated rings. The molecule has 4 nitrogen and oxygen atoms in total. The van der Waals surface area contributed by atoms with Gasteiger partial charge in [-0.1, -0.05) is 38.1 Å². The second-order valence-corrected chi connectivity index (χ2v) is 11.1. The number of nitrogens with one attached hydrogen (secondary N) is 2. The van der Waals surface area contributed by atoms with Crippen molar-refractivity contribution in [2.45, 2.75) is 57.3 Å². The number of sulfonamides is 1. The standard InChI is InChI=1S/C20H30N2O2S2/c1-14(2)11-17-12-18(16-9-7-15(8-10-16)13-21-6)19(25-17)26(23,24)22-20(3,4)5/h7-10,12,14,21-22H,11,13H2,1-6H3. The highest BCUT2D eigenvalue weighted by atomic mass is 32.2. The minimum absolute atomic E-state index is 0.407. The van der Waals surface area contributed by atoms with E-state index in [0.29, 0.717) is 10.1 Å². The van der Waals surface area contributed by atoms with Crippen molar-refractivity contribution in [2.75, 3.05) is 7.05 Å². The Hall–Kier alpha value is -1.21. The fourth-order valence-corrected chi connectivity index (χ4v) is 6.15. The Balaban J connectivity index is 2.51. The predicted molar refractivity (Wildman–Crippen MR) is 111 cm³/mol. The van der Waals surface area contributed by atoms with Crippen molar-refractivity contribution in [3.05, 3.63) is 40.8 Å². The van der Waals surface area contributed by atoms with E-state index < -0.39 is 15.6 Å². The largest absolute Gasteiger partial charge is 0.316 e. The highest BCUT2D eigenvalue weighted by Crippen LogP contribution is 2.36. The SMILES string of the molecule is CNCc1ccc(-c2cc(CC(C)C)sc2S(=O)(=O)NC(C)(C)C)cc1. The van der Waals surface area contributed by atoms with Gasteiger partial charge in [-0.15, -0.1) is 11.3 Å². The van der Waals surface area contributed by atoms with Crippen LogP contribution in [0.2, 0.25) is 0 Å². The van der Waals surface area contributed by atoms with Gasteiger partial charge in [0.15, 0.2) is 0 Å². The highest BCUT2D eigenvalue weighted by Gasteiger charge is 2.27. The van der Waals surface area contributed by atoms with E-state index in [4.69, 9.17) is 0 Å². The number of thiophene rings is 1. The lowest BCUT2D eigenvalue weighted by Gasteiger charge is -2.20. The van der Waals surface area contributed by atoms with E-state index in [1.807, 2.05) is 58.2 Å². The van der Waals surface area contributed by atoms with Crippen molar-refractivity contribution in [3.8, 4) is 11.1 Å². The molecule has 6 heteroatoms. The molecule has 0 unspecified atom stereocenters. The first kappa shape index (κ1) is 21.1. The lowest BCUT2D eigenvalue weighted by molar-refractivity contribution is 0.493. The molecule has 1 aromatic carbocycles. The first-order chi connectivity index (χ1) is 12.0. The summed E-state index contributed by atoms with van der Waals surface area (Å²) < 4.78 is 29.2. The summed E-state index contributed by atoms with van der Waals surface area (Å²) in [6.45, 7) is 10.7. The summed E-state index contributed by atoms with van der Waals surface area (Å²) in [7, 11) is -1.67. The van der Waals surface area contributed by atoms with Gasteiger partial charge in [-0.2, -0.15) is 0 Å². The normalized spacial score (nSPS) is 12.7. The molecule has 0 radical (unpaired) electrons. The van der Waals surface area contributed by atoms with E-state index in [1.165, 1.54) is 16.9 Å². The Morgan fingerprint density at radius 3 is 2.23 bits per heavy atom. The van der Waals surface area contributed by atoms with Crippen LogP contribution in [0, 0.1) is 5.92 Å². The van der Waals surface area contributed by atoms with Gasteiger partial charge in [0.1, 0.15) is 4.21 Å². The Labute approximate surface area is 162 Å². The molecular formula is C20H30N2O2S2. The Morgan fingerprint density at radius 1 is 1.12 bits per heavy atom. The Bertz CT molecular complexity index is 830. The third-order valence-corrected chi connectivity index (χ3v) is 7.14. The predicted octanol–water partition coefficient (Wildman–Crippen LogP) is 4.41. The average Bonchev–Trinajstić information content (AvgIpc) is 2.90. The van der Waals surface area contributed by atoms with E-state index in [2.05, 4.69) is 23.9 Å². The summed E-state index contributed by atoms with van der Waals surface area (Å²) in [5, 5.41) is 3.13. The Kier molecular flexibility index (Phi) is 6.66. The van der Waals surface area contributed by atoms with Crippen molar-refractivity contribution in [1.82, 2.24) is 10.0 Å². The molecule has 2 aromatic rings. The zero-order valence-electron chi connectivity index (χ0n) is 16.5. The topological polar surface area (TPSA) is 58.2 Å². The van der Waals surface area contributed by atoms with Crippen LogP contribution >= 0.6 is 11.3 Å². The molecule has 1 heterocycles. The van der Waals surface area contributed by atoms with Gasteiger partial charge in [0.25, 0.3) is 10.0 Å². The minimum atomic E-state index is -3.58. The molecule has 0 saturated carbocycles. The first-order valence-electron chi connectivity index (χ1n) is 8.92. The number of rotatable bonds is 7. The third kappa shape index (κ3) is 5.64. The maximum absolute atomic E-state index is 13.0. The smallest absolute Gasteiger partial charge is 0.251 e. The second kappa shape index (κ2) is 8.21. The highest BCUT2D eigenvalue weighted by molar-refractivity contribution is 7.91.